The molecule has 1 aromatic carbocycles. The van der Waals surface area contributed by atoms with Crippen LogP contribution in [-0.4, -0.2) is 30.9 Å². The van der Waals surface area contributed by atoms with Crippen LogP contribution in [0.25, 0.3) is 0 Å². The zero-order valence-corrected chi connectivity index (χ0v) is 21.5. The first-order valence-corrected chi connectivity index (χ1v) is 11.8. The Balaban J connectivity index is 1.87. The molecule has 0 fully saturated rings. The highest BCUT2D eigenvalue weighted by atomic mass is 79.9. The summed E-state index contributed by atoms with van der Waals surface area (Å²) in [6.07, 6.45) is 2.72. The summed E-state index contributed by atoms with van der Waals surface area (Å²) in [5, 5.41) is 6.26. The van der Waals surface area contributed by atoms with Gasteiger partial charge in [-0.05, 0) is 65.0 Å². The highest BCUT2D eigenvalue weighted by Gasteiger charge is 2.43. The van der Waals surface area contributed by atoms with Gasteiger partial charge in [-0.25, -0.2) is 4.98 Å². The summed E-state index contributed by atoms with van der Waals surface area (Å²) < 4.78 is 11.9. The van der Waals surface area contributed by atoms with Crippen molar-refractivity contribution in [1.29, 1.82) is 0 Å². The molecule has 8 heteroatoms. The number of halogens is 1. The second-order valence-electron chi connectivity index (χ2n) is 9.35. The molecule has 1 atom stereocenters. The molecule has 2 N–H and O–H groups in total. The predicted octanol–water partition coefficient (Wildman–Crippen LogP) is 5.10. The first-order valence-electron chi connectivity index (χ1n) is 11.0. The van der Waals surface area contributed by atoms with E-state index in [1.807, 2.05) is 13.0 Å². The van der Waals surface area contributed by atoms with Crippen molar-refractivity contribution in [2.45, 2.75) is 39.5 Å². The maximum atomic E-state index is 13.6. The highest BCUT2D eigenvalue weighted by molar-refractivity contribution is 9.10. The molecular weight excluding hydrogens is 498 g/mol. The maximum Gasteiger partial charge on any atom is 0.255 e. The van der Waals surface area contributed by atoms with Crippen molar-refractivity contribution in [2.24, 2.45) is 5.41 Å². The van der Waals surface area contributed by atoms with Crippen molar-refractivity contribution in [3.05, 3.63) is 69.1 Å². The number of pyridine rings is 1. The van der Waals surface area contributed by atoms with Crippen molar-refractivity contribution in [3.8, 4) is 11.5 Å². The van der Waals surface area contributed by atoms with Gasteiger partial charge in [0.15, 0.2) is 5.78 Å². The minimum atomic E-state index is -0.611. The van der Waals surface area contributed by atoms with Crippen LogP contribution in [-0.2, 0) is 9.59 Å². The third kappa shape index (κ3) is 4.59. The van der Waals surface area contributed by atoms with Crippen LogP contribution in [0.3, 0.4) is 0 Å². The number of nitrogens with zero attached hydrogens (tertiary/aromatic N) is 1. The monoisotopic (exact) mass is 525 g/mol. The molecule has 1 unspecified atom stereocenters. The van der Waals surface area contributed by atoms with Crippen molar-refractivity contribution < 1.29 is 19.1 Å². The molecule has 1 aliphatic heterocycles. The summed E-state index contributed by atoms with van der Waals surface area (Å²) in [4.78, 5) is 31.4. The zero-order chi connectivity index (χ0) is 24.6. The number of amides is 1. The molecule has 4 rings (SSSR count). The summed E-state index contributed by atoms with van der Waals surface area (Å²) in [5.74, 6) is 0.692. The van der Waals surface area contributed by atoms with Crippen molar-refractivity contribution in [1.82, 2.24) is 10.3 Å². The van der Waals surface area contributed by atoms with Crippen LogP contribution >= 0.6 is 15.9 Å². The number of nitrogens with one attached hydrogen (secondary N) is 2. The number of benzene rings is 1. The van der Waals surface area contributed by atoms with Crippen molar-refractivity contribution in [2.75, 3.05) is 19.5 Å². The molecule has 0 radical (unpaired) electrons. The Morgan fingerprint density at radius 2 is 1.94 bits per heavy atom. The minimum Gasteiger partial charge on any atom is -0.497 e. The number of carbonyl (C=O) groups excluding carboxylic acids is 2. The van der Waals surface area contributed by atoms with Crippen LogP contribution in [0.4, 0.5) is 5.82 Å². The Hall–Kier alpha value is -3.13. The molecule has 1 amide bonds. The van der Waals surface area contributed by atoms with E-state index in [2.05, 4.69) is 45.4 Å². The fraction of sp³-hybridized carbons (Fsp3) is 0.346. The topological polar surface area (TPSA) is 89.6 Å². The van der Waals surface area contributed by atoms with Crippen molar-refractivity contribution >= 4 is 33.4 Å². The number of allylic oxidation sites excluding steroid dienone is 3. The third-order valence-corrected chi connectivity index (χ3v) is 6.67. The van der Waals surface area contributed by atoms with E-state index in [1.54, 1.807) is 44.7 Å². The van der Waals surface area contributed by atoms with Crippen LogP contribution in [0.1, 0.15) is 45.1 Å². The van der Waals surface area contributed by atoms with E-state index in [0.717, 1.165) is 10.2 Å². The second-order valence-corrected chi connectivity index (χ2v) is 10.3. The maximum absolute atomic E-state index is 13.6. The predicted molar refractivity (Wildman–Crippen MR) is 134 cm³/mol. The van der Waals surface area contributed by atoms with Gasteiger partial charge < -0.3 is 20.1 Å². The van der Waals surface area contributed by atoms with E-state index in [0.29, 0.717) is 52.6 Å². The number of anilines is 1. The lowest BCUT2D eigenvalue weighted by Gasteiger charge is -2.40. The van der Waals surface area contributed by atoms with Gasteiger partial charge in [-0.3, -0.25) is 9.59 Å². The summed E-state index contributed by atoms with van der Waals surface area (Å²) in [7, 11) is 3.16. The summed E-state index contributed by atoms with van der Waals surface area (Å²) in [5.41, 5.74) is 3.12. The lowest BCUT2D eigenvalue weighted by molar-refractivity contribution is -0.118. The molecule has 34 heavy (non-hydrogen) atoms. The molecule has 0 saturated carbocycles. The summed E-state index contributed by atoms with van der Waals surface area (Å²) in [6, 6.07) is 8.96. The van der Waals surface area contributed by atoms with Crippen LogP contribution < -0.4 is 20.1 Å². The number of ether oxygens (including phenoxy) is 2. The zero-order valence-electron chi connectivity index (χ0n) is 19.9. The Morgan fingerprint density at radius 1 is 1.18 bits per heavy atom. The largest absolute Gasteiger partial charge is 0.497 e. The number of aromatic nitrogens is 1. The summed E-state index contributed by atoms with van der Waals surface area (Å²) >= 11 is 3.36. The number of hydrogen-bond donors (Lipinski definition) is 2. The Bertz CT molecular complexity index is 1220. The van der Waals surface area contributed by atoms with Gasteiger partial charge in [0, 0.05) is 45.2 Å². The molecule has 0 bridgehead atoms. The number of hydrogen-bond acceptors (Lipinski definition) is 6. The van der Waals surface area contributed by atoms with Gasteiger partial charge in [-0.15, -0.1) is 0 Å². The molecule has 7 nitrogen and oxygen atoms in total. The van der Waals surface area contributed by atoms with Gasteiger partial charge in [0.2, 0.25) is 0 Å². The number of carbonyl (C=O) groups is 2. The Kier molecular flexibility index (Phi) is 6.53. The minimum absolute atomic E-state index is 0.0215. The SMILES string of the molecule is COc1ccc(OC)c(C2C(C(=O)Nc3ccc(Br)cn3)=C(C)NC3=C2C(=O)CC(C)(C)C3)c1. The van der Waals surface area contributed by atoms with E-state index in [4.69, 9.17) is 9.47 Å². The molecule has 178 valence electrons. The molecule has 1 aromatic heterocycles. The van der Waals surface area contributed by atoms with Crippen LogP contribution in [0.5, 0.6) is 11.5 Å². The van der Waals surface area contributed by atoms with Gasteiger partial charge in [0.25, 0.3) is 5.91 Å². The molecular formula is C26H28BrN3O4. The van der Waals surface area contributed by atoms with E-state index >= 15 is 0 Å². The van der Waals surface area contributed by atoms with Gasteiger partial charge in [-0.1, -0.05) is 13.8 Å². The van der Waals surface area contributed by atoms with Crippen LogP contribution in [0.2, 0.25) is 0 Å². The average molecular weight is 526 g/mol. The highest BCUT2D eigenvalue weighted by Crippen LogP contribution is 2.49. The smallest absolute Gasteiger partial charge is 0.255 e. The van der Waals surface area contributed by atoms with Crippen molar-refractivity contribution in [3.63, 3.8) is 0 Å². The number of dihydropyridines is 1. The van der Waals surface area contributed by atoms with Crippen LogP contribution in [0, 0.1) is 5.41 Å². The van der Waals surface area contributed by atoms with Gasteiger partial charge in [-0.2, -0.15) is 0 Å². The fourth-order valence-corrected chi connectivity index (χ4v) is 4.98. The lowest BCUT2D eigenvalue weighted by atomic mass is 9.68. The Labute approximate surface area is 207 Å². The number of rotatable bonds is 5. The number of methoxy groups -OCH3 is 2. The molecule has 2 aromatic rings. The van der Waals surface area contributed by atoms with E-state index < -0.39 is 5.92 Å². The Morgan fingerprint density at radius 3 is 2.59 bits per heavy atom. The van der Waals surface area contributed by atoms with Gasteiger partial charge >= 0.3 is 0 Å². The average Bonchev–Trinajstić information content (AvgIpc) is 2.78. The number of Topliss-reactive ketones (excluding diaryl/α,β-unsaturated/α-hetero) is 1. The quantitative estimate of drug-likeness (QED) is 0.564. The third-order valence-electron chi connectivity index (χ3n) is 6.20. The molecule has 0 saturated heterocycles. The normalized spacial score (nSPS) is 19.4. The van der Waals surface area contributed by atoms with E-state index in [-0.39, 0.29) is 17.1 Å². The molecule has 1 aliphatic carbocycles. The first kappa shape index (κ1) is 24.0. The van der Waals surface area contributed by atoms with E-state index in [9.17, 15) is 9.59 Å². The standard InChI is InChI=1S/C26H28BrN3O4/c1-14-22(25(32)30-21-9-6-15(27)13-28-21)23(17-10-16(33-4)7-8-20(17)34-5)24-18(29-14)11-26(2,3)12-19(24)31/h6-10,13,23,29H,11-12H2,1-5H3,(H,28,30,32). The second kappa shape index (κ2) is 9.25. The lowest BCUT2D eigenvalue weighted by Crippen LogP contribution is -2.39. The van der Waals surface area contributed by atoms with E-state index in [1.165, 1.54) is 0 Å². The summed E-state index contributed by atoms with van der Waals surface area (Å²) in [6.45, 7) is 6.02. The van der Waals surface area contributed by atoms with Gasteiger partial charge in [0.05, 0.1) is 20.1 Å². The first-order chi connectivity index (χ1) is 16.1. The molecule has 2 heterocycles. The molecule has 0 spiro atoms. The van der Waals surface area contributed by atoms with Crippen LogP contribution in [0.15, 0.2) is 63.5 Å². The van der Waals surface area contributed by atoms with Gasteiger partial charge in [0.1, 0.15) is 17.3 Å². The fourth-order valence-electron chi connectivity index (χ4n) is 4.75. The number of ketones is 1. The molecule has 2 aliphatic rings.